The zero-order valence-corrected chi connectivity index (χ0v) is 14.4. The third kappa shape index (κ3) is 3.19. The molecule has 1 aliphatic rings. The second-order valence-corrected chi connectivity index (χ2v) is 5.97. The molecule has 1 saturated heterocycles. The molecule has 7 heteroatoms. The van der Waals surface area contributed by atoms with Gasteiger partial charge in [0.25, 0.3) is 0 Å². The molecule has 0 saturated carbocycles. The number of hydrogen-bond donors (Lipinski definition) is 0. The number of anilines is 1. The van der Waals surface area contributed by atoms with E-state index in [1.807, 2.05) is 17.7 Å². The Hall–Kier alpha value is -2.59. The van der Waals surface area contributed by atoms with Crippen molar-refractivity contribution in [1.29, 1.82) is 5.26 Å². The topological polar surface area (TPSA) is 70.2 Å². The minimum atomic E-state index is 0.589. The van der Waals surface area contributed by atoms with E-state index in [0.717, 1.165) is 44.4 Å². The van der Waals surface area contributed by atoms with Crippen LogP contribution in [0.4, 0.5) is 5.95 Å². The van der Waals surface area contributed by atoms with E-state index >= 15 is 0 Å². The number of ether oxygens (including phenoxy) is 1. The predicted molar refractivity (Wildman–Crippen MR) is 90.9 cm³/mol. The van der Waals surface area contributed by atoms with E-state index in [0.29, 0.717) is 11.6 Å². The molecule has 3 rings (SSSR count). The maximum Gasteiger partial charge on any atom is 0.228 e. The second-order valence-electron chi connectivity index (χ2n) is 5.97. The van der Waals surface area contributed by atoms with Crippen LogP contribution in [0.15, 0.2) is 18.3 Å². The van der Waals surface area contributed by atoms with E-state index in [1.54, 1.807) is 19.4 Å². The minimum absolute atomic E-state index is 0.589. The molecule has 0 spiro atoms. The fourth-order valence-electron chi connectivity index (χ4n) is 2.98. The summed E-state index contributed by atoms with van der Waals surface area (Å²) < 4.78 is 7.12. The van der Waals surface area contributed by atoms with Crippen molar-refractivity contribution in [3.8, 4) is 11.9 Å². The molecule has 0 aromatic carbocycles. The van der Waals surface area contributed by atoms with Gasteiger partial charge in [-0.2, -0.15) is 10.2 Å². The van der Waals surface area contributed by atoms with E-state index in [1.165, 1.54) is 5.56 Å². The maximum absolute atomic E-state index is 9.15. The van der Waals surface area contributed by atoms with Crippen LogP contribution >= 0.6 is 0 Å². The lowest BCUT2D eigenvalue weighted by atomic mass is 10.2. The SMILES string of the molecule is COc1ccnc(N2CCN(Cc3cc(C#N)n(C)c3C)CC2)n1. The standard InChI is InChI=1S/C17H22N6O/c1-13-14(10-15(11-18)21(13)2)12-22-6-8-23(9-7-22)17-19-5-4-16(20-17)24-3/h4-5,10H,6-9,12H2,1-3H3. The fraction of sp³-hybridized carbons (Fsp3) is 0.471. The molecule has 7 nitrogen and oxygen atoms in total. The first-order valence-electron chi connectivity index (χ1n) is 8.02. The summed E-state index contributed by atoms with van der Waals surface area (Å²) in [6.07, 6.45) is 1.73. The highest BCUT2D eigenvalue weighted by molar-refractivity contribution is 5.35. The van der Waals surface area contributed by atoms with E-state index in [2.05, 4.69) is 32.8 Å². The zero-order valence-electron chi connectivity index (χ0n) is 14.4. The lowest BCUT2D eigenvalue weighted by molar-refractivity contribution is 0.248. The third-order valence-electron chi connectivity index (χ3n) is 4.63. The van der Waals surface area contributed by atoms with Crippen LogP contribution in [0, 0.1) is 18.3 Å². The van der Waals surface area contributed by atoms with Gasteiger partial charge >= 0.3 is 0 Å². The largest absolute Gasteiger partial charge is 0.481 e. The Bertz CT molecular complexity index is 755. The van der Waals surface area contributed by atoms with Gasteiger partial charge in [-0.1, -0.05) is 0 Å². The van der Waals surface area contributed by atoms with Crippen LogP contribution in [-0.2, 0) is 13.6 Å². The number of methoxy groups -OCH3 is 1. The fourth-order valence-corrected chi connectivity index (χ4v) is 2.98. The molecule has 0 aliphatic carbocycles. The van der Waals surface area contributed by atoms with Gasteiger partial charge in [-0.25, -0.2) is 4.98 Å². The van der Waals surface area contributed by atoms with Gasteiger partial charge in [0.05, 0.1) is 7.11 Å². The first kappa shape index (κ1) is 16.3. The summed E-state index contributed by atoms with van der Waals surface area (Å²) in [5, 5.41) is 9.15. The van der Waals surface area contributed by atoms with E-state index in [-0.39, 0.29) is 0 Å². The number of nitrogens with zero attached hydrogens (tertiary/aromatic N) is 6. The summed E-state index contributed by atoms with van der Waals surface area (Å²) >= 11 is 0. The van der Waals surface area contributed by atoms with Crippen LogP contribution in [0.25, 0.3) is 0 Å². The monoisotopic (exact) mass is 326 g/mol. The predicted octanol–water partition coefficient (Wildman–Crippen LogP) is 1.33. The van der Waals surface area contributed by atoms with Crippen LogP contribution in [0.2, 0.25) is 0 Å². The Morgan fingerprint density at radius 1 is 1.29 bits per heavy atom. The summed E-state index contributed by atoms with van der Waals surface area (Å²) in [6.45, 7) is 6.58. The van der Waals surface area contributed by atoms with Crippen LogP contribution in [0.1, 0.15) is 17.0 Å². The summed E-state index contributed by atoms with van der Waals surface area (Å²) in [4.78, 5) is 13.3. The van der Waals surface area contributed by atoms with Crippen LogP contribution < -0.4 is 9.64 Å². The first-order valence-corrected chi connectivity index (χ1v) is 8.02. The van der Waals surface area contributed by atoms with Gasteiger partial charge in [-0.05, 0) is 18.6 Å². The smallest absolute Gasteiger partial charge is 0.228 e. The molecule has 1 fully saturated rings. The highest BCUT2D eigenvalue weighted by Gasteiger charge is 2.21. The van der Waals surface area contributed by atoms with Crippen molar-refractivity contribution in [2.75, 3.05) is 38.2 Å². The van der Waals surface area contributed by atoms with Gasteiger partial charge in [0.15, 0.2) is 0 Å². The number of aromatic nitrogens is 3. The Labute approximate surface area is 142 Å². The normalized spacial score (nSPS) is 15.3. The van der Waals surface area contributed by atoms with Crippen LogP contribution in [-0.4, -0.2) is 52.7 Å². The Kier molecular flexibility index (Phi) is 4.67. The van der Waals surface area contributed by atoms with Gasteiger partial charge in [-0.15, -0.1) is 0 Å². The quantitative estimate of drug-likeness (QED) is 0.844. The minimum Gasteiger partial charge on any atom is -0.481 e. The van der Waals surface area contributed by atoms with Crippen molar-refractivity contribution in [2.24, 2.45) is 7.05 Å². The van der Waals surface area contributed by atoms with Crippen molar-refractivity contribution in [1.82, 2.24) is 19.4 Å². The number of piperazine rings is 1. The molecular weight excluding hydrogens is 304 g/mol. The van der Waals surface area contributed by atoms with Gasteiger partial charge in [0, 0.05) is 57.7 Å². The molecule has 0 atom stereocenters. The van der Waals surface area contributed by atoms with Crippen molar-refractivity contribution in [2.45, 2.75) is 13.5 Å². The van der Waals surface area contributed by atoms with Crippen molar-refractivity contribution >= 4 is 5.95 Å². The van der Waals surface area contributed by atoms with E-state index in [4.69, 9.17) is 10.00 Å². The Balaban J connectivity index is 1.62. The molecule has 0 radical (unpaired) electrons. The second kappa shape index (κ2) is 6.89. The molecule has 0 unspecified atom stereocenters. The molecule has 0 amide bonds. The van der Waals surface area contributed by atoms with E-state index < -0.39 is 0 Å². The number of nitriles is 1. The van der Waals surface area contributed by atoms with Gasteiger partial charge in [0.2, 0.25) is 11.8 Å². The summed E-state index contributed by atoms with van der Waals surface area (Å²) in [6, 6.07) is 5.99. The average molecular weight is 326 g/mol. The molecule has 2 aromatic heterocycles. The average Bonchev–Trinajstić information content (AvgIpc) is 2.90. The van der Waals surface area contributed by atoms with Crippen molar-refractivity contribution in [3.63, 3.8) is 0 Å². The van der Waals surface area contributed by atoms with Gasteiger partial charge in [-0.3, -0.25) is 4.90 Å². The van der Waals surface area contributed by atoms with Crippen LogP contribution in [0.5, 0.6) is 5.88 Å². The van der Waals surface area contributed by atoms with Gasteiger partial charge in [0.1, 0.15) is 11.8 Å². The third-order valence-corrected chi connectivity index (χ3v) is 4.63. The Morgan fingerprint density at radius 3 is 2.67 bits per heavy atom. The molecule has 3 heterocycles. The summed E-state index contributed by atoms with van der Waals surface area (Å²) in [5.41, 5.74) is 3.09. The maximum atomic E-state index is 9.15. The van der Waals surface area contributed by atoms with E-state index in [9.17, 15) is 0 Å². The highest BCUT2D eigenvalue weighted by atomic mass is 16.5. The highest BCUT2D eigenvalue weighted by Crippen LogP contribution is 2.18. The molecule has 0 N–H and O–H groups in total. The van der Waals surface area contributed by atoms with Gasteiger partial charge < -0.3 is 14.2 Å². The first-order chi connectivity index (χ1) is 11.6. The summed E-state index contributed by atoms with van der Waals surface area (Å²) in [7, 11) is 3.55. The van der Waals surface area contributed by atoms with Crippen molar-refractivity contribution < 1.29 is 4.74 Å². The Morgan fingerprint density at radius 2 is 2.04 bits per heavy atom. The van der Waals surface area contributed by atoms with Crippen molar-refractivity contribution in [3.05, 3.63) is 35.3 Å². The molecular formula is C17H22N6O. The molecule has 126 valence electrons. The lowest BCUT2D eigenvalue weighted by Crippen LogP contribution is -2.46. The number of hydrogen-bond acceptors (Lipinski definition) is 6. The van der Waals surface area contributed by atoms with Crippen LogP contribution in [0.3, 0.4) is 0 Å². The molecule has 1 aliphatic heterocycles. The lowest BCUT2D eigenvalue weighted by Gasteiger charge is -2.34. The number of rotatable bonds is 4. The molecule has 0 bridgehead atoms. The molecule has 24 heavy (non-hydrogen) atoms. The zero-order chi connectivity index (χ0) is 17.1. The summed E-state index contributed by atoms with van der Waals surface area (Å²) in [5.74, 6) is 1.31. The molecule has 2 aromatic rings.